The molecule has 220 valence electrons. The van der Waals surface area contributed by atoms with E-state index in [9.17, 15) is 27.6 Å². The van der Waals surface area contributed by atoms with Crippen molar-refractivity contribution in [3.63, 3.8) is 0 Å². The molecule has 5 rings (SSSR count). The number of pyridine rings is 2. The smallest absolute Gasteiger partial charge is 0.407 e. The molecule has 3 aromatic rings. The molecule has 12 heteroatoms. The van der Waals surface area contributed by atoms with E-state index in [4.69, 9.17) is 4.74 Å². The SMILES string of the molecule is CC(C)(C)OC(=O)N[C@H]1CCCN(c2c(NC(=O)c3ccc(F)c(-c4c(F)cccc4F)n3)cnc3c2CCC3=O)C1. The lowest BCUT2D eigenvalue weighted by atomic mass is 10.0. The average molecular weight is 582 g/mol. The van der Waals surface area contributed by atoms with Gasteiger partial charge in [0.15, 0.2) is 5.78 Å². The van der Waals surface area contributed by atoms with E-state index in [-0.39, 0.29) is 29.6 Å². The van der Waals surface area contributed by atoms with Crippen molar-refractivity contribution in [2.75, 3.05) is 23.3 Å². The third kappa shape index (κ3) is 6.07. The van der Waals surface area contributed by atoms with Gasteiger partial charge in [0.05, 0.1) is 23.1 Å². The number of benzene rings is 1. The van der Waals surface area contributed by atoms with E-state index in [1.807, 2.05) is 4.90 Å². The van der Waals surface area contributed by atoms with Gasteiger partial charge in [0.1, 0.15) is 40.1 Å². The van der Waals surface area contributed by atoms with Crippen LogP contribution in [-0.4, -0.2) is 52.5 Å². The molecule has 0 unspecified atom stereocenters. The topological polar surface area (TPSA) is 114 Å². The number of carbonyl (C=O) groups excluding carboxylic acids is 3. The minimum absolute atomic E-state index is 0.110. The molecule has 1 atom stereocenters. The number of hydrogen-bond acceptors (Lipinski definition) is 7. The van der Waals surface area contributed by atoms with E-state index >= 15 is 0 Å². The second-order valence-electron chi connectivity index (χ2n) is 11.3. The highest BCUT2D eigenvalue weighted by atomic mass is 19.1. The van der Waals surface area contributed by atoms with Crippen molar-refractivity contribution in [1.82, 2.24) is 15.3 Å². The monoisotopic (exact) mass is 581 g/mol. The maximum atomic E-state index is 14.6. The summed E-state index contributed by atoms with van der Waals surface area (Å²) in [4.78, 5) is 48.5. The van der Waals surface area contributed by atoms with Gasteiger partial charge in [-0.05, 0) is 64.3 Å². The van der Waals surface area contributed by atoms with Crippen molar-refractivity contribution >= 4 is 29.2 Å². The number of nitrogens with zero attached hydrogens (tertiary/aromatic N) is 3. The Morgan fingerprint density at radius 2 is 1.76 bits per heavy atom. The minimum Gasteiger partial charge on any atom is -0.444 e. The first-order valence-corrected chi connectivity index (χ1v) is 13.6. The number of amides is 2. The van der Waals surface area contributed by atoms with E-state index in [0.29, 0.717) is 42.9 Å². The van der Waals surface area contributed by atoms with Crippen LogP contribution in [0.2, 0.25) is 0 Å². The predicted octanol–water partition coefficient (Wildman–Crippen LogP) is 5.44. The molecular formula is C30H30F3N5O4. The molecule has 1 saturated heterocycles. The Balaban J connectivity index is 1.44. The number of hydrogen-bond donors (Lipinski definition) is 2. The zero-order valence-corrected chi connectivity index (χ0v) is 23.4. The van der Waals surface area contributed by atoms with Crippen LogP contribution >= 0.6 is 0 Å². The summed E-state index contributed by atoms with van der Waals surface area (Å²) in [5.41, 5.74) is -0.371. The average Bonchev–Trinajstić information content (AvgIpc) is 3.28. The fourth-order valence-corrected chi connectivity index (χ4v) is 5.26. The molecular weight excluding hydrogens is 551 g/mol. The minimum atomic E-state index is -1.02. The van der Waals surface area contributed by atoms with Crippen LogP contribution in [0, 0.1) is 17.5 Å². The van der Waals surface area contributed by atoms with Crippen molar-refractivity contribution in [3.05, 3.63) is 70.9 Å². The standard InChI is InChI=1S/C30H30F3N5O4/c1-30(2,3)42-29(41)35-16-6-5-13-38(15-16)27-17-9-12-23(39)25(17)34-14-22(27)37-28(40)21-11-10-20(33)26(36-21)24-18(31)7-4-8-19(24)32/h4,7-8,10-11,14,16H,5-6,9,12-13,15H2,1-3H3,(H,35,41)(H,37,40)/t16-/m0/s1. The molecule has 2 aromatic heterocycles. The van der Waals surface area contributed by atoms with Crippen molar-refractivity contribution in [2.45, 2.75) is 58.1 Å². The van der Waals surface area contributed by atoms with Gasteiger partial charge in [-0.3, -0.25) is 14.6 Å². The van der Waals surface area contributed by atoms with Gasteiger partial charge < -0.3 is 20.3 Å². The molecule has 0 spiro atoms. The molecule has 1 aliphatic carbocycles. The van der Waals surface area contributed by atoms with Gasteiger partial charge in [0, 0.05) is 31.1 Å². The van der Waals surface area contributed by atoms with Gasteiger partial charge >= 0.3 is 6.09 Å². The van der Waals surface area contributed by atoms with Crippen LogP contribution in [0.4, 0.5) is 29.3 Å². The summed E-state index contributed by atoms with van der Waals surface area (Å²) < 4.78 is 48.8. The number of ether oxygens (including phenoxy) is 1. The first-order valence-electron chi connectivity index (χ1n) is 13.6. The third-order valence-corrected chi connectivity index (χ3v) is 7.00. The van der Waals surface area contributed by atoms with E-state index in [1.54, 1.807) is 20.8 Å². The molecule has 42 heavy (non-hydrogen) atoms. The van der Waals surface area contributed by atoms with Crippen LogP contribution < -0.4 is 15.5 Å². The summed E-state index contributed by atoms with van der Waals surface area (Å²) in [6.45, 7) is 6.30. The predicted molar refractivity (Wildman–Crippen MR) is 149 cm³/mol. The molecule has 1 fully saturated rings. The number of rotatable bonds is 5. The number of ketones is 1. The van der Waals surface area contributed by atoms with Crippen LogP contribution in [0.1, 0.15) is 66.6 Å². The van der Waals surface area contributed by atoms with E-state index in [2.05, 4.69) is 20.6 Å². The number of Topliss-reactive ketones (excluding diaryl/α,β-unsaturated/α-hetero) is 1. The maximum absolute atomic E-state index is 14.6. The van der Waals surface area contributed by atoms with Gasteiger partial charge in [-0.2, -0.15) is 0 Å². The summed E-state index contributed by atoms with van der Waals surface area (Å²) >= 11 is 0. The molecule has 1 aliphatic heterocycles. The number of alkyl carbamates (subject to hydrolysis) is 1. The Hall–Kier alpha value is -4.48. The van der Waals surface area contributed by atoms with Gasteiger partial charge in [-0.1, -0.05) is 6.07 Å². The second-order valence-corrected chi connectivity index (χ2v) is 11.3. The molecule has 2 N–H and O–H groups in total. The Morgan fingerprint density at radius 1 is 1.02 bits per heavy atom. The van der Waals surface area contributed by atoms with Crippen LogP contribution in [0.5, 0.6) is 0 Å². The molecule has 2 amide bonds. The summed E-state index contributed by atoms with van der Waals surface area (Å²) in [5.74, 6) is -3.91. The Bertz CT molecular complexity index is 1550. The van der Waals surface area contributed by atoms with Crippen LogP contribution in [0.15, 0.2) is 36.5 Å². The summed E-state index contributed by atoms with van der Waals surface area (Å²) in [7, 11) is 0. The molecule has 1 aromatic carbocycles. The first-order chi connectivity index (χ1) is 19.9. The fourth-order valence-electron chi connectivity index (χ4n) is 5.26. The highest BCUT2D eigenvalue weighted by Crippen LogP contribution is 2.38. The van der Waals surface area contributed by atoms with Gasteiger partial charge in [-0.25, -0.2) is 22.9 Å². The molecule has 3 heterocycles. The Kier molecular flexibility index (Phi) is 7.89. The lowest BCUT2D eigenvalue weighted by Gasteiger charge is -2.37. The molecule has 0 saturated carbocycles. The van der Waals surface area contributed by atoms with Crippen LogP contribution in [0.3, 0.4) is 0 Å². The number of piperidine rings is 1. The van der Waals surface area contributed by atoms with E-state index in [0.717, 1.165) is 36.8 Å². The first kappa shape index (κ1) is 29.0. The van der Waals surface area contributed by atoms with Crippen molar-refractivity contribution in [1.29, 1.82) is 0 Å². The Morgan fingerprint density at radius 3 is 2.48 bits per heavy atom. The highest BCUT2D eigenvalue weighted by Gasteiger charge is 2.32. The van der Waals surface area contributed by atoms with Crippen LogP contribution in [0.25, 0.3) is 11.3 Å². The van der Waals surface area contributed by atoms with Gasteiger partial charge in [0.2, 0.25) is 0 Å². The zero-order chi connectivity index (χ0) is 30.2. The molecule has 2 aliphatic rings. The lowest BCUT2D eigenvalue weighted by molar-refractivity contribution is 0.0499. The van der Waals surface area contributed by atoms with Gasteiger partial charge in [0.25, 0.3) is 5.91 Å². The number of aromatic nitrogens is 2. The van der Waals surface area contributed by atoms with Crippen LogP contribution in [-0.2, 0) is 11.2 Å². The number of carbonyl (C=O) groups is 3. The van der Waals surface area contributed by atoms with E-state index in [1.165, 1.54) is 6.20 Å². The maximum Gasteiger partial charge on any atom is 0.407 e. The molecule has 9 nitrogen and oxygen atoms in total. The number of fused-ring (bicyclic) bond motifs is 1. The van der Waals surface area contributed by atoms with Crippen molar-refractivity contribution < 1.29 is 32.3 Å². The fraction of sp³-hybridized carbons (Fsp3) is 0.367. The van der Waals surface area contributed by atoms with E-state index < -0.39 is 46.3 Å². The quantitative estimate of drug-likeness (QED) is 0.413. The summed E-state index contributed by atoms with van der Waals surface area (Å²) in [6, 6.07) is 4.86. The third-order valence-electron chi connectivity index (χ3n) is 7.00. The highest BCUT2D eigenvalue weighted by molar-refractivity contribution is 6.07. The lowest BCUT2D eigenvalue weighted by Crippen LogP contribution is -2.49. The second kappa shape index (κ2) is 11.4. The molecule has 0 radical (unpaired) electrons. The van der Waals surface area contributed by atoms with Gasteiger partial charge in [-0.15, -0.1) is 0 Å². The largest absolute Gasteiger partial charge is 0.444 e. The number of anilines is 2. The number of halogens is 3. The zero-order valence-electron chi connectivity index (χ0n) is 23.4. The Labute approximate surface area is 240 Å². The summed E-state index contributed by atoms with van der Waals surface area (Å²) in [6.07, 6.45) is 2.96. The summed E-state index contributed by atoms with van der Waals surface area (Å²) in [5, 5.41) is 5.64. The molecule has 0 bridgehead atoms. The van der Waals surface area contributed by atoms with Crippen molar-refractivity contribution in [3.8, 4) is 11.3 Å². The normalized spacial score (nSPS) is 16.7. The van der Waals surface area contributed by atoms with Crippen molar-refractivity contribution in [2.24, 2.45) is 0 Å². The number of nitrogens with one attached hydrogen (secondary N) is 2.